The summed E-state index contributed by atoms with van der Waals surface area (Å²) in [6, 6.07) is 10.9. The number of para-hydroxylation sites is 2. The number of unbranched alkanes of at least 4 members (excludes halogenated alkanes) is 2. The van der Waals surface area contributed by atoms with Gasteiger partial charge in [-0.3, -0.25) is 10.1 Å². The maximum absolute atomic E-state index is 11.7. The Bertz CT molecular complexity index is 980. The van der Waals surface area contributed by atoms with E-state index in [1.807, 2.05) is 24.3 Å². The van der Waals surface area contributed by atoms with Gasteiger partial charge in [0.1, 0.15) is 5.82 Å². The highest BCUT2D eigenvalue weighted by Crippen LogP contribution is 2.42. The van der Waals surface area contributed by atoms with Gasteiger partial charge in [-0.2, -0.15) is 0 Å². The molecule has 3 aromatic rings. The fourth-order valence-corrected chi connectivity index (χ4v) is 3.29. The van der Waals surface area contributed by atoms with Crippen molar-refractivity contribution >= 4 is 16.7 Å². The highest BCUT2D eigenvalue weighted by molar-refractivity contribution is 5.84. The number of nitro benzene ring substituents is 1. The highest BCUT2D eigenvalue weighted by Gasteiger charge is 2.27. The Hall–Kier alpha value is -3.09. The molecule has 2 heterocycles. The molecule has 0 spiro atoms. The molecule has 1 aliphatic heterocycles. The van der Waals surface area contributed by atoms with E-state index in [0.717, 1.165) is 36.8 Å². The van der Waals surface area contributed by atoms with Crippen LogP contribution in [0.1, 0.15) is 26.2 Å². The zero-order valence-electron chi connectivity index (χ0n) is 14.5. The molecule has 0 fully saturated rings. The molecule has 7 nitrogen and oxygen atoms in total. The lowest BCUT2D eigenvalue weighted by atomic mass is 10.1. The minimum absolute atomic E-state index is 0.0266. The normalized spacial score (nSPS) is 12.7. The average molecular weight is 353 g/mol. The van der Waals surface area contributed by atoms with E-state index in [1.165, 1.54) is 6.07 Å². The van der Waals surface area contributed by atoms with Crippen molar-refractivity contribution in [3.8, 4) is 22.9 Å². The van der Waals surface area contributed by atoms with Crippen molar-refractivity contribution < 1.29 is 14.4 Å². The summed E-state index contributed by atoms with van der Waals surface area (Å²) in [6.45, 7) is 2.98. The van der Waals surface area contributed by atoms with E-state index in [4.69, 9.17) is 14.5 Å². The maximum Gasteiger partial charge on any atom is 0.284 e. The molecule has 0 aliphatic carbocycles. The summed E-state index contributed by atoms with van der Waals surface area (Å²) in [6.07, 6.45) is 3.18. The topological polar surface area (TPSA) is 79.4 Å². The molecule has 7 heteroatoms. The van der Waals surface area contributed by atoms with Gasteiger partial charge in [-0.05, 0) is 18.6 Å². The molecule has 1 aromatic heterocycles. The van der Waals surface area contributed by atoms with E-state index in [1.54, 1.807) is 6.07 Å². The molecule has 2 aromatic carbocycles. The number of ether oxygens (including phenoxy) is 2. The van der Waals surface area contributed by atoms with Crippen molar-refractivity contribution in [2.45, 2.75) is 32.7 Å². The van der Waals surface area contributed by atoms with Gasteiger partial charge < -0.3 is 14.0 Å². The van der Waals surface area contributed by atoms with Gasteiger partial charge in [0.25, 0.3) is 5.69 Å². The van der Waals surface area contributed by atoms with Crippen LogP contribution in [0.4, 0.5) is 5.69 Å². The predicted octanol–water partition coefficient (Wildman–Crippen LogP) is 4.53. The average Bonchev–Trinajstić information content (AvgIpc) is 3.24. The molecule has 0 N–H and O–H groups in total. The van der Waals surface area contributed by atoms with Crippen molar-refractivity contribution in [2.75, 3.05) is 6.79 Å². The quantitative estimate of drug-likeness (QED) is 0.369. The van der Waals surface area contributed by atoms with E-state index < -0.39 is 4.92 Å². The number of benzene rings is 2. The standard InChI is InChI=1S/C19H19N3O4/c1-2-3-6-9-21-15-8-5-4-7-14(15)20-19(21)13-10-17-18(26-12-25-17)11-16(13)22(23)24/h4-5,7-8,10-11H,2-3,6,9,12H2,1H3. The van der Waals surface area contributed by atoms with Crippen molar-refractivity contribution in [1.82, 2.24) is 9.55 Å². The number of hydrogen-bond acceptors (Lipinski definition) is 5. The third-order valence-corrected chi connectivity index (χ3v) is 4.57. The van der Waals surface area contributed by atoms with Crippen molar-refractivity contribution in [2.24, 2.45) is 0 Å². The molecule has 134 valence electrons. The molecule has 0 unspecified atom stereocenters. The summed E-state index contributed by atoms with van der Waals surface area (Å²) in [7, 11) is 0. The molecule has 0 atom stereocenters. The molecular weight excluding hydrogens is 334 g/mol. The Kier molecular flexibility index (Phi) is 4.20. The monoisotopic (exact) mass is 353 g/mol. The fourth-order valence-electron chi connectivity index (χ4n) is 3.29. The first kappa shape index (κ1) is 16.4. The molecule has 0 radical (unpaired) electrons. The number of aromatic nitrogens is 2. The smallest absolute Gasteiger partial charge is 0.284 e. The lowest BCUT2D eigenvalue weighted by molar-refractivity contribution is -0.384. The largest absolute Gasteiger partial charge is 0.454 e. The zero-order chi connectivity index (χ0) is 18.1. The first-order valence-corrected chi connectivity index (χ1v) is 8.72. The lowest BCUT2D eigenvalue weighted by Gasteiger charge is -2.10. The third-order valence-electron chi connectivity index (χ3n) is 4.57. The zero-order valence-corrected chi connectivity index (χ0v) is 14.5. The first-order chi connectivity index (χ1) is 12.7. The molecule has 0 saturated carbocycles. The minimum atomic E-state index is -0.396. The predicted molar refractivity (Wildman–Crippen MR) is 97.5 cm³/mol. The molecule has 0 bridgehead atoms. The van der Waals surface area contributed by atoms with Crippen LogP contribution in [-0.2, 0) is 6.54 Å². The molecule has 1 aliphatic rings. The van der Waals surface area contributed by atoms with Gasteiger partial charge in [-0.15, -0.1) is 0 Å². The number of nitro groups is 1. The molecule has 0 saturated heterocycles. The van der Waals surface area contributed by atoms with Gasteiger partial charge in [0.05, 0.1) is 27.6 Å². The lowest BCUT2D eigenvalue weighted by Crippen LogP contribution is -2.03. The van der Waals surface area contributed by atoms with Gasteiger partial charge >= 0.3 is 0 Å². The van der Waals surface area contributed by atoms with E-state index in [0.29, 0.717) is 22.9 Å². The van der Waals surface area contributed by atoms with Crippen LogP contribution in [0, 0.1) is 10.1 Å². The van der Waals surface area contributed by atoms with Crippen LogP contribution in [0.25, 0.3) is 22.4 Å². The van der Waals surface area contributed by atoms with Crippen LogP contribution in [-0.4, -0.2) is 21.3 Å². The summed E-state index contributed by atoms with van der Waals surface area (Å²) in [5, 5.41) is 11.7. The summed E-state index contributed by atoms with van der Waals surface area (Å²) >= 11 is 0. The second kappa shape index (κ2) is 6.67. The van der Waals surface area contributed by atoms with Crippen LogP contribution in [0.15, 0.2) is 36.4 Å². The number of imidazole rings is 1. The van der Waals surface area contributed by atoms with E-state index in [9.17, 15) is 10.1 Å². The molecular formula is C19H19N3O4. The molecule has 0 amide bonds. The fraction of sp³-hybridized carbons (Fsp3) is 0.316. The minimum Gasteiger partial charge on any atom is -0.454 e. The van der Waals surface area contributed by atoms with Gasteiger partial charge in [0, 0.05) is 12.6 Å². The van der Waals surface area contributed by atoms with Crippen molar-refractivity contribution in [3.63, 3.8) is 0 Å². The Morgan fingerprint density at radius 2 is 1.96 bits per heavy atom. The number of aryl methyl sites for hydroxylation is 1. The highest BCUT2D eigenvalue weighted by atomic mass is 16.7. The number of nitrogens with zero attached hydrogens (tertiary/aromatic N) is 3. The SMILES string of the molecule is CCCCCn1c(-c2cc3c(cc2[N+](=O)[O-])OCO3)nc2ccccc21. The van der Waals surface area contributed by atoms with Crippen LogP contribution < -0.4 is 9.47 Å². The van der Waals surface area contributed by atoms with Gasteiger partial charge in [0.15, 0.2) is 11.5 Å². The summed E-state index contributed by atoms with van der Waals surface area (Å²) in [4.78, 5) is 16.0. The summed E-state index contributed by atoms with van der Waals surface area (Å²) < 4.78 is 12.8. The maximum atomic E-state index is 11.7. The second-order valence-electron chi connectivity index (χ2n) is 6.26. The van der Waals surface area contributed by atoms with Gasteiger partial charge in [-0.25, -0.2) is 4.98 Å². The van der Waals surface area contributed by atoms with Crippen molar-refractivity contribution in [3.05, 3.63) is 46.5 Å². The number of hydrogen-bond donors (Lipinski definition) is 0. The third kappa shape index (κ3) is 2.75. The Morgan fingerprint density at radius 1 is 1.19 bits per heavy atom. The second-order valence-corrected chi connectivity index (χ2v) is 6.26. The van der Waals surface area contributed by atoms with Crippen LogP contribution >= 0.6 is 0 Å². The Morgan fingerprint density at radius 3 is 2.73 bits per heavy atom. The summed E-state index contributed by atoms with van der Waals surface area (Å²) in [5.74, 6) is 1.50. The number of fused-ring (bicyclic) bond motifs is 2. The van der Waals surface area contributed by atoms with Crippen LogP contribution in [0.2, 0.25) is 0 Å². The van der Waals surface area contributed by atoms with Crippen LogP contribution in [0.3, 0.4) is 0 Å². The van der Waals surface area contributed by atoms with Gasteiger partial charge in [0.2, 0.25) is 6.79 Å². The summed E-state index contributed by atoms with van der Waals surface area (Å²) in [5.41, 5.74) is 2.23. The van der Waals surface area contributed by atoms with Crippen LogP contribution in [0.5, 0.6) is 11.5 Å². The molecule has 4 rings (SSSR count). The van der Waals surface area contributed by atoms with E-state index >= 15 is 0 Å². The van der Waals surface area contributed by atoms with E-state index in [-0.39, 0.29) is 12.5 Å². The first-order valence-electron chi connectivity index (χ1n) is 8.72. The Labute approximate surface area is 150 Å². The van der Waals surface area contributed by atoms with E-state index in [2.05, 4.69) is 11.5 Å². The molecule has 26 heavy (non-hydrogen) atoms. The van der Waals surface area contributed by atoms with Gasteiger partial charge in [-0.1, -0.05) is 31.9 Å². The Balaban J connectivity index is 1.91. The van der Waals surface area contributed by atoms with Crippen molar-refractivity contribution in [1.29, 1.82) is 0 Å². The number of rotatable bonds is 6.